The van der Waals surface area contributed by atoms with Crippen LogP contribution in [0.3, 0.4) is 0 Å². The molecule has 0 atom stereocenters. The van der Waals surface area contributed by atoms with E-state index in [0.29, 0.717) is 6.54 Å². The Kier molecular flexibility index (Phi) is 7.48. The second kappa shape index (κ2) is 8.91. The zero-order chi connectivity index (χ0) is 14.1. The summed E-state index contributed by atoms with van der Waals surface area (Å²) in [6.45, 7) is 9.76. The zero-order valence-electron chi connectivity index (χ0n) is 12.2. The van der Waals surface area contributed by atoms with Crippen LogP contribution in [0.4, 0.5) is 5.69 Å². The Morgan fingerprint density at radius 1 is 1.05 bits per heavy atom. The number of rotatable bonds is 4. The van der Waals surface area contributed by atoms with Gasteiger partial charge in [0, 0.05) is 45.0 Å². The molecule has 0 aromatic heterocycles. The van der Waals surface area contributed by atoms with Crippen molar-refractivity contribution in [2.24, 2.45) is 5.73 Å². The Hall–Kier alpha value is -1.10. The minimum atomic E-state index is 0.255. The molecule has 1 aromatic rings. The third kappa shape index (κ3) is 4.82. The minimum Gasteiger partial charge on any atom is -0.395 e. The fourth-order valence-corrected chi connectivity index (χ4v) is 2.21. The van der Waals surface area contributed by atoms with E-state index in [-0.39, 0.29) is 6.61 Å². The molecule has 4 nitrogen and oxygen atoms in total. The molecule has 1 aromatic carbocycles. The Balaban J connectivity index is 0.000000861. The van der Waals surface area contributed by atoms with Crippen LogP contribution in [-0.4, -0.2) is 49.3 Å². The van der Waals surface area contributed by atoms with Crippen molar-refractivity contribution in [2.45, 2.75) is 20.4 Å². The summed E-state index contributed by atoms with van der Waals surface area (Å²) in [5.41, 5.74) is 8.03. The fourth-order valence-electron chi connectivity index (χ4n) is 2.21. The molecule has 0 aliphatic carbocycles. The van der Waals surface area contributed by atoms with Gasteiger partial charge in [0.15, 0.2) is 0 Å². The molecule has 0 spiro atoms. The number of β-amino-alcohol motifs (C(OH)–C–C–N with tert-alkyl or cyclic N) is 1. The van der Waals surface area contributed by atoms with E-state index in [4.69, 9.17) is 10.8 Å². The number of anilines is 1. The van der Waals surface area contributed by atoms with Crippen molar-refractivity contribution in [3.05, 3.63) is 29.8 Å². The highest BCUT2D eigenvalue weighted by Gasteiger charge is 2.16. The predicted octanol–water partition coefficient (Wildman–Crippen LogP) is 1.29. The Morgan fingerprint density at radius 3 is 2.11 bits per heavy atom. The highest BCUT2D eigenvalue weighted by molar-refractivity contribution is 5.48. The Morgan fingerprint density at radius 2 is 1.63 bits per heavy atom. The summed E-state index contributed by atoms with van der Waals surface area (Å²) in [7, 11) is 0. The van der Waals surface area contributed by atoms with Gasteiger partial charge in [-0.25, -0.2) is 0 Å². The maximum absolute atomic E-state index is 8.89. The summed E-state index contributed by atoms with van der Waals surface area (Å²) in [4.78, 5) is 4.68. The van der Waals surface area contributed by atoms with Crippen molar-refractivity contribution < 1.29 is 5.11 Å². The molecule has 1 aliphatic rings. The predicted molar refractivity (Wildman–Crippen MR) is 81.4 cm³/mol. The van der Waals surface area contributed by atoms with Crippen LogP contribution in [0.2, 0.25) is 0 Å². The number of nitrogens with zero attached hydrogens (tertiary/aromatic N) is 2. The summed E-state index contributed by atoms with van der Waals surface area (Å²) >= 11 is 0. The maximum Gasteiger partial charge on any atom is 0.0558 e. The summed E-state index contributed by atoms with van der Waals surface area (Å²) in [6, 6.07) is 8.47. The molecule has 0 amide bonds. The number of hydrogen-bond acceptors (Lipinski definition) is 4. The third-order valence-corrected chi connectivity index (χ3v) is 3.33. The van der Waals surface area contributed by atoms with Gasteiger partial charge in [-0.05, 0) is 17.7 Å². The van der Waals surface area contributed by atoms with Crippen LogP contribution in [0.25, 0.3) is 0 Å². The zero-order valence-corrected chi connectivity index (χ0v) is 12.2. The molecule has 0 bridgehead atoms. The summed E-state index contributed by atoms with van der Waals surface area (Å²) < 4.78 is 0. The van der Waals surface area contributed by atoms with Gasteiger partial charge in [0.05, 0.1) is 6.61 Å². The van der Waals surface area contributed by atoms with Gasteiger partial charge in [-0.15, -0.1) is 0 Å². The number of piperazine rings is 1. The lowest BCUT2D eigenvalue weighted by atomic mass is 10.2. The van der Waals surface area contributed by atoms with Crippen molar-refractivity contribution in [1.82, 2.24) is 4.90 Å². The van der Waals surface area contributed by atoms with Crippen LogP contribution in [0, 0.1) is 0 Å². The molecular weight excluding hydrogens is 238 g/mol. The smallest absolute Gasteiger partial charge is 0.0558 e. The second-order valence-corrected chi connectivity index (χ2v) is 4.42. The van der Waals surface area contributed by atoms with Crippen molar-refractivity contribution in [2.75, 3.05) is 44.2 Å². The number of nitrogens with two attached hydrogens (primary N) is 1. The highest BCUT2D eigenvalue weighted by Crippen LogP contribution is 2.17. The minimum absolute atomic E-state index is 0.255. The van der Waals surface area contributed by atoms with Crippen molar-refractivity contribution in [3.8, 4) is 0 Å². The summed E-state index contributed by atoms with van der Waals surface area (Å²) in [5.74, 6) is 0. The van der Waals surface area contributed by atoms with Gasteiger partial charge in [0.1, 0.15) is 0 Å². The van der Waals surface area contributed by atoms with Crippen molar-refractivity contribution >= 4 is 5.69 Å². The SMILES string of the molecule is CC.NCc1ccc(N2CCN(CCO)CC2)cc1. The molecule has 0 unspecified atom stereocenters. The summed E-state index contributed by atoms with van der Waals surface area (Å²) in [5, 5.41) is 8.89. The molecule has 0 radical (unpaired) electrons. The standard InChI is InChI=1S/C13H21N3O.C2H6/c14-11-12-1-3-13(4-2-12)16-7-5-15(6-8-16)9-10-17;1-2/h1-4,17H,5-11,14H2;1-2H3. The molecule has 1 fully saturated rings. The van der Waals surface area contributed by atoms with E-state index < -0.39 is 0 Å². The lowest BCUT2D eigenvalue weighted by Gasteiger charge is -2.35. The van der Waals surface area contributed by atoms with E-state index in [9.17, 15) is 0 Å². The molecule has 1 heterocycles. The van der Waals surface area contributed by atoms with E-state index >= 15 is 0 Å². The first-order valence-electron chi connectivity index (χ1n) is 7.20. The average Bonchev–Trinajstić information content (AvgIpc) is 2.51. The van der Waals surface area contributed by atoms with E-state index in [1.54, 1.807) is 0 Å². The number of hydrogen-bond donors (Lipinski definition) is 2. The van der Waals surface area contributed by atoms with Crippen LogP contribution < -0.4 is 10.6 Å². The first-order chi connectivity index (χ1) is 9.33. The van der Waals surface area contributed by atoms with Crippen molar-refractivity contribution in [3.63, 3.8) is 0 Å². The molecule has 3 N–H and O–H groups in total. The Bertz CT molecular complexity index is 332. The average molecular weight is 265 g/mol. The van der Waals surface area contributed by atoms with Gasteiger partial charge in [-0.3, -0.25) is 4.90 Å². The lowest BCUT2D eigenvalue weighted by molar-refractivity contribution is 0.189. The molecular formula is C15H27N3O. The van der Waals surface area contributed by atoms with E-state index in [1.165, 1.54) is 11.3 Å². The second-order valence-electron chi connectivity index (χ2n) is 4.42. The van der Waals surface area contributed by atoms with Gasteiger partial charge in [-0.1, -0.05) is 26.0 Å². The van der Waals surface area contributed by atoms with Crippen LogP contribution >= 0.6 is 0 Å². The molecule has 0 saturated carbocycles. The number of aliphatic hydroxyl groups excluding tert-OH is 1. The third-order valence-electron chi connectivity index (χ3n) is 3.33. The van der Waals surface area contributed by atoms with Crippen molar-refractivity contribution in [1.29, 1.82) is 0 Å². The molecule has 108 valence electrons. The number of benzene rings is 1. The van der Waals surface area contributed by atoms with Crippen LogP contribution in [0.1, 0.15) is 19.4 Å². The van der Waals surface area contributed by atoms with Gasteiger partial charge < -0.3 is 15.7 Å². The first-order valence-corrected chi connectivity index (χ1v) is 7.20. The van der Waals surface area contributed by atoms with E-state index in [1.807, 2.05) is 13.8 Å². The molecule has 2 rings (SSSR count). The van der Waals surface area contributed by atoms with Gasteiger partial charge in [0.2, 0.25) is 0 Å². The molecule has 4 heteroatoms. The maximum atomic E-state index is 8.89. The van der Waals surface area contributed by atoms with Gasteiger partial charge in [0.25, 0.3) is 0 Å². The van der Waals surface area contributed by atoms with Gasteiger partial charge in [-0.2, -0.15) is 0 Å². The monoisotopic (exact) mass is 265 g/mol. The van der Waals surface area contributed by atoms with E-state index in [0.717, 1.165) is 32.7 Å². The fraction of sp³-hybridized carbons (Fsp3) is 0.600. The molecule has 1 aliphatic heterocycles. The summed E-state index contributed by atoms with van der Waals surface area (Å²) in [6.07, 6.45) is 0. The van der Waals surface area contributed by atoms with Gasteiger partial charge >= 0.3 is 0 Å². The number of aliphatic hydroxyl groups is 1. The molecule has 19 heavy (non-hydrogen) atoms. The normalized spacial score (nSPS) is 15.9. The quantitative estimate of drug-likeness (QED) is 0.861. The first kappa shape index (κ1) is 16.0. The van der Waals surface area contributed by atoms with E-state index in [2.05, 4.69) is 34.1 Å². The van der Waals surface area contributed by atoms with Crippen LogP contribution in [0.15, 0.2) is 24.3 Å². The Labute approximate surface area is 116 Å². The lowest BCUT2D eigenvalue weighted by Crippen LogP contribution is -2.47. The van der Waals surface area contributed by atoms with Crippen LogP contribution in [0.5, 0.6) is 0 Å². The van der Waals surface area contributed by atoms with Crippen LogP contribution in [-0.2, 0) is 6.54 Å². The highest BCUT2D eigenvalue weighted by atomic mass is 16.3. The largest absolute Gasteiger partial charge is 0.395 e. The topological polar surface area (TPSA) is 52.7 Å². The molecule has 1 saturated heterocycles.